The highest BCUT2D eigenvalue weighted by atomic mass is 35.5. The maximum absolute atomic E-state index is 12.9. The van der Waals surface area contributed by atoms with Gasteiger partial charge < -0.3 is 20.7 Å². The van der Waals surface area contributed by atoms with E-state index in [1.807, 2.05) is 6.07 Å². The molecule has 0 unspecified atom stereocenters. The quantitative estimate of drug-likeness (QED) is 0.760. The van der Waals surface area contributed by atoms with Crippen LogP contribution in [0.2, 0.25) is 5.02 Å². The minimum atomic E-state index is -3.72. The molecule has 0 spiro atoms. The van der Waals surface area contributed by atoms with Crippen molar-refractivity contribution in [2.45, 2.75) is 4.90 Å². The monoisotopic (exact) mass is 412 g/mol. The molecule has 11 heteroatoms. The third kappa shape index (κ3) is 4.24. The van der Waals surface area contributed by atoms with E-state index < -0.39 is 10.0 Å². The van der Waals surface area contributed by atoms with E-state index in [1.165, 1.54) is 20.3 Å². The Morgan fingerprint density at radius 2 is 2.00 bits per heavy atom. The summed E-state index contributed by atoms with van der Waals surface area (Å²) in [5.41, 5.74) is 6.76. The largest absolute Gasteiger partial charge is 0.378 e. The lowest BCUT2D eigenvalue weighted by Gasteiger charge is -2.29. The number of aromatic nitrogens is 2. The summed E-state index contributed by atoms with van der Waals surface area (Å²) in [6.45, 7) is 2.60. The van der Waals surface area contributed by atoms with E-state index in [0.29, 0.717) is 32.0 Å². The fraction of sp³-hybridized carbons (Fsp3) is 0.375. The molecule has 1 aromatic heterocycles. The standard InChI is InChI=1S/C16H21ClN6O3S/c1-22(2)27(24,25)14-9-11(23-5-7-26-8-6-23)3-4-13(14)20-15-12(17)10-19-16(18)21-15/h3-4,9-10H,5-8H2,1-2H3,(H3,18,19,20,21). The molecule has 0 saturated carbocycles. The van der Waals surface area contributed by atoms with Gasteiger partial charge in [0.25, 0.3) is 0 Å². The van der Waals surface area contributed by atoms with Crippen molar-refractivity contribution in [1.29, 1.82) is 0 Å². The maximum Gasteiger partial charge on any atom is 0.244 e. The van der Waals surface area contributed by atoms with Crippen LogP contribution in [0.25, 0.3) is 0 Å². The lowest BCUT2D eigenvalue weighted by atomic mass is 10.2. The van der Waals surface area contributed by atoms with Gasteiger partial charge in [-0.3, -0.25) is 0 Å². The number of morpholine rings is 1. The summed E-state index contributed by atoms with van der Waals surface area (Å²) in [5.74, 6) is 0.266. The third-order valence-electron chi connectivity index (χ3n) is 4.12. The van der Waals surface area contributed by atoms with E-state index in [4.69, 9.17) is 22.1 Å². The lowest BCUT2D eigenvalue weighted by molar-refractivity contribution is 0.122. The second kappa shape index (κ2) is 7.85. The molecule has 3 N–H and O–H groups in total. The smallest absolute Gasteiger partial charge is 0.244 e. The highest BCUT2D eigenvalue weighted by Gasteiger charge is 2.24. The fourth-order valence-electron chi connectivity index (χ4n) is 2.64. The van der Waals surface area contributed by atoms with Gasteiger partial charge >= 0.3 is 0 Å². The van der Waals surface area contributed by atoms with Crippen LogP contribution in [-0.4, -0.2) is 63.1 Å². The molecule has 0 atom stereocenters. The van der Waals surface area contributed by atoms with Gasteiger partial charge in [0, 0.05) is 32.9 Å². The fourth-order valence-corrected chi connectivity index (χ4v) is 3.84. The van der Waals surface area contributed by atoms with Crippen molar-refractivity contribution in [2.24, 2.45) is 0 Å². The molecule has 9 nitrogen and oxygen atoms in total. The number of nitrogen functional groups attached to an aromatic ring is 1. The predicted octanol–water partition coefficient (Wildman–Crippen LogP) is 1.54. The average Bonchev–Trinajstić information content (AvgIpc) is 2.65. The molecular formula is C16H21ClN6O3S. The number of halogens is 1. The van der Waals surface area contributed by atoms with E-state index >= 15 is 0 Å². The molecule has 146 valence electrons. The normalized spacial score (nSPS) is 15.2. The number of rotatable bonds is 5. The van der Waals surface area contributed by atoms with Crippen LogP contribution in [0.5, 0.6) is 0 Å². The van der Waals surface area contributed by atoms with Crippen molar-refractivity contribution in [2.75, 3.05) is 56.3 Å². The van der Waals surface area contributed by atoms with Crippen LogP contribution in [0.15, 0.2) is 29.3 Å². The SMILES string of the molecule is CN(C)S(=O)(=O)c1cc(N2CCOCC2)ccc1Nc1nc(N)ncc1Cl. The number of nitrogens with one attached hydrogen (secondary N) is 1. The molecule has 3 rings (SSSR count). The van der Waals surface area contributed by atoms with Crippen LogP contribution < -0.4 is 16.0 Å². The van der Waals surface area contributed by atoms with Crippen LogP contribution in [0.3, 0.4) is 0 Å². The molecular weight excluding hydrogens is 392 g/mol. The summed E-state index contributed by atoms with van der Waals surface area (Å²) < 4.78 is 32.3. The first-order chi connectivity index (χ1) is 12.8. The van der Waals surface area contributed by atoms with Crippen molar-refractivity contribution < 1.29 is 13.2 Å². The van der Waals surface area contributed by atoms with Gasteiger partial charge in [-0.25, -0.2) is 17.7 Å². The third-order valence-corrected chi connectivity index (χ3v) is 6.25. The Labute approximate surface area is 163 Å². The van der Waals surface area contributed by atoms with Crippen molar-refractivity contribution in [3.8, 4) is 0 Å². The Balaban J connectivity index is 2.05. The van der Waals surface area contributed by atoms with E-state index in [-0.39, 0.29) is 21.7 Å². The molecule has 1 saturated heterocycles. The van der Waals surface area contributed by atoms with Gasteiger partial charge in [0.2, 0.25) is 16.0 Å². The molecule has 0 amide bonds. The Morgan fingerprint density at radius 1 is 1.30 bits per heavy atom. The second-order valence-corrected chi connectivity index (χ2v) is 8.64. The number of ether oxygens (including phenoxy) is 1. The van der Waals surface area contributed by atoms with Gasteiger partial charge in [0.15, 0.2) is 5.82 Å². The second-order valence-electron chi connectivity index (χ2n) is 6.12. The summed E-state index contributed by atoms with van der Waals surface area (Å²) >= 11 is 6.10. The molecule has 2 heterocycles. The van der Waals surface area contributed by atoms with Gasteiger partial charge in [-0.05, 0) is 18.2 Å². The molecule has 1 aliphatic rings. The summed E-state index contributed by atoms with van der Waals surface area (Å²) in [5, 5.41) is 3.19. The van der Waals surface area contributed by atoms with Crippen molar-refractivity contribution in [3.63, 3.8) is 0 Å². The van der Waals surface area contributed by atoms with Crippen LogP contribution in [0.4, 0.5) is 23.1 Å². The summed E-state index contributed by atoms with van der Waals surface area (Å²) in [4.78, 5) is 10.0. The molecule has 1 aliphatic heterocycles. The van der Waals surface area contributed by atoms with Crippen LogP contribution in [-0.2, 0) is 14.8 Å². The van der Waals surface area contributed by atoms with Crippen molar-refractivity contribution in [1.82, 2.24) is 14.3 Å². The van der Waals surface area contributed by atoms with Crippen LogP contribution in [0.1, 0.15) is 0 Å². The zero-order valence-electron chi connectivity index (χ0n) is 15.0. The van der Waals surface area contributed by atoms with Crippen LogP contribution >= 0.6 is 11.6 Å². The molecule has 1 aromatic carbocycles. The number of anilines is 4. The van der Waals surface area contributed by atoms with Gasteiger partial charge in [-0.2, -0.15) is 4.98 Å². The van der Waals surface area contributed by atoms with Gasteiger partial charge in [-0.15, -0.1) is 0 Å². The Hall–Kier alpha value is -2.14. The number of hydrogen-bond donors (Lipinski definition) is 2. The first-order valence-corrected chi connectivity index (χ1v) is 10.0. The van der Waals surface area contributed by atoms with Crippen LogP contribution in [0, 0.1) is 0 Å². The van der Waals surface area contributed by atoms with E-state index in [1.54, 1.807) is 12.1 Å². The lowest BCUT2D eigenvalue weighted by Crippen LogP contribution is -2.36. The number of nitrogens with two attached hydrogens (primary N) is 1. The first kappa shape index (κ1) is 19.6. The number of nitrogens with zero attached hydrogens (tertiary/aromatic N) is 4. The molecule has 27 heavy (non-hydrogen) atoms. The summed E-state index contributed by atoms with van der Waals surface area (Å²) in [7, 11) is -0.752. The zero-order valence-corrected chi connectivity index (χ0v) is 16.6. The van der Waals surface area contributed by atoms with Gasteiger partial charge in [-0.1, -0.05) is 11.6 Å². The Bertz CT molecular complexity index is 932. The topological polar surface area (TPSA) is 114 Å². The molecule has 2 aromatic rings. The zero-order chi connectivity index (χ0) is 19.6. The first-order valence-electron chi connectivity index (χ1n) is 8.23. The number of hydrogen-bond acceptors (Lipinski definition) is 8. The molecule has 0 radical (unpaired) electrons. The van der Waals surface area contributed by atoms with E-state index in [9.17, 15) is 8.42 Å². The Morgan fingerprint density at radius 3 is 2.67 bits per heavy atom. The van der Waals surface area contributed by atoms with Gasteiger partial charge in [0.1, 0.15) is 9.92 Å². The molecule has 1 fully saturated rings. The Kier molecular flexibility index (Phi) is 5.70. The number of benzene rings is 1. The number of sulfonamides is 1. The van der Waals surface area contributed by atoms with Crippen molar-refractivity contribution in [3.05, 3.63) is 29.4 Å². The summed E-state index contributed by atoms with van der Waals surface area (Å²) in [6, 6.07) is 5.18. The maximum atomic E-state index is 12.9. The highest BCUT2D eigenvalue weighted by Crippen LogP contribution is 2.32. The van der Waals surface area contributed by atoms with Gasteiger partial charge in [0.05, 0.1) is 25.1 Å². The molecule has 0 bridgehead atoms. The predicted molar refractivity (Wildman–Crippen MR) is 105 cm³/mol. The minimum Gasteiger partial charge on any atom is -0.378 e. The minimum absolute atomic E-state index is 0.0313. The summed E-state index contributed by atoms with van der Waals surface area (Å²) in [6.07, 6.45) is 1.36. The van der Waals surface area contributed by atoms with Crippen molar-refractivity contribution >= 4 is 44.8 Å². The average molecular weight is 413 g/mol. The highest BCUT2D eigenvalue weighted by molar-refractivity contribution is 7.89. The van der Waals surface area contributed by atoms with E-state index in [2.05, 4.69) is 20.2 Å². The van der Waals surface area contributed by atoms with E-state index in [0.717, 1.165) is 9.99 Å². The molecule has 0 aliphatic carbocycles.